The molecule has 5 rings (SSSR count). The van der Waals surface area contributed by atoms with Crippen LogP contribution in [0.25, 0.3) is 0 Å². The molecule has 0 amide bonds. The zero-order chi connectivity index (χ0) is 25.8. The molecule has 2 N–H and O–H groups in total. The first-order chi connectivity index (χ1) is 17.9. The number of hydrogen-bond donors (Lipinski definition) is 2. The molecule has 37 heavy (non-hydrogen) atoms. The maximum absolute atomic E-state index is 13.1. The SMILES string of the molecule is Cn1cc(C(=N)c2cc(C3CCC(N4CCCOCC4)CC3)cnc2NS(=O)(=O)c2ccccc2)cn1. The Balaban J connectivity index is 1.39. The summed E-state index contributed by atoms with van der Waals surface area (Å²) >= 11 is 0. The van der Waals surface area contributed by atoms with E-state index in [2.05, 4.69) is 19.7 Å². The van der Waals surface area contributed by atoms with Crippen LogP contribution in [-0.2, 0) is 21.8 Å². The summed E-state index contributed by atoms with van der Waals surface area (Å²) in [5.41, 5.74) is 2.29. The fraction of sp³-hybridized carbons (Fsp3) is 0.444. The average molecular weight is 523 g/mol. The van der Waals surface area contributed by atoms with Gasteiger partial charge >= 0.3 is 0 Å². The summed E-state index contributed by atoms with van der Waals surface area (Å²) in [5, 5.41) is 13.1. The van der Waals surface area contributed by atoms with E-state index in [-0.39, 0.29) is 16.4 Å². The number of nitrogens with zero attached hydrogens (tertiary/aromatic N) is 4. The van der Waals surface area contributed by atoms with Gasteiger partial charge in [-0.3, -0.25) is 19.7 Å². The average Bonchev–Trinajstić information content (AvgIpc) is 3.17. The molecule has 1 aliphatic carbocycles. The molecule has 1 aromatic carbocycles. The highest BCUT2D eigenvalue weighted by Crippen LogP contribution is 2.36. The molecule has 1 saturated heterocycles. The second-order valence-corrected chi connectivity index (χ2v) is 11.6. The first-order valence-corrected chi connectivity index (χ1v) is 14.4. The van der Waals surface area contributed by atoms with Crippen LogP contribution in [0, 0.1) is 5.41 Å². The van der Waals surface area contributed by atoms with E-state index in [1.807, 2.05) is 6.07 Å². The molecule has 2 aliphatic rings. The number of sulfonamides is 1. The lowest BCUT2D eigenvalue weighted by Crippen LogP contribution is -2.39. The van der Waals surface area contributed by atoms with Gasteiger partial charge in [-0.05, 0) is 61.8 Å². The second kappa shape index (κ2) is 11.1. The van der Waals surface area contributed by atoms with Gasteiger partial charge < -0.3 is 4.74 Å². The van der Waals surface area contributed by atoms with Crippen molar-refractivity contribution >= 4 is 21.6 Å². The van der Waals surface area contributed by atoms with E-state index < -0.39 is 10.0 Å². The standard InChI is InChI=1S/C27H34N6O3S/c1-32-19-22(18-30-32)26(28)25-16-21(17-29-27(25)31-37(34,35)24-6-3-2-4-7-24)20-8-10-23(11-9-20)33-12-5-14-36-15-13-33/h2-4,6-7,16-20,23,28H,5,8-15H2,1H3,(H,29,31). The van der Waals surface area contributed by atoms with Crippen molar-refractivity contribution < 1.29 is 13.2 Å². The summed E-state index contributed by atoms with van der Waals surface area (Å²) in [5.74, 6) is 0.479. The van der Waals surface area contributed by atoms with Gasteiger partial charge in [-0.1, -0.05) is 18.2 Å². The third-order valence-corrected chi connectivity index (χ3v) is 8.75. The van der Waals surface area contributed by atoms with E-state index in [0.717, 1.165) is 64.0 Å². The van der Waals surface area contributed by atoms with E-state index >= 15 is 0 Å². The first kappa shape index (κ1) is 25.6. The molecular weight excluding hydrogens is 488 g/mol. The van der Waals surface area contributed by atoms with Crippen LogP contribution in [0.4, 0.5) is 5.82 Å². The number of aromatic nitrogens is 3. The van der Waals surface area contributed by atoms with E-state index in [1.165, 1.54) is 12.1 Å². The number of aryl methyl sites for hydroxylation is 1. The summed E-state index contributed by atoms with van der Waals surface area (Å²) in [6.45, 7) is 3.76. The van der Waals surface area contributed by atoms with Crippen molar-refractivity contribution in [1.29, 1.82) is 5.41 Å². The number of ether oxygens (including phenoxy) is 1. The van der Waals surface area contributed by atoms with Crippen LogP contribution < -0.4 is 4.72 Å². The molecule has 0 atom stereocenters. The Morgan fingerprint density at radius 3 is 2.59 bits per heavy atom. The van der Waals surface area contributed by atoms with Crippen molar-refractivity contribution in [1.82, 2.24) is 19.7 Å². The zero-order valence-corrected chi connectivity index (χ0v) is 22.0. The van der Waals surface area contributed by atoms with Gasteiger partial charge in [-0.15, -0.1) is 0 Å². The van der Waals surface area contributed by atoms with E-state index in [0.29, 0.717) is 23.1 Å². The fourth-order valence-corrected chi connectivity index (χ4v) is 6.42. The lowest BCUT2D eigenvalue weighted by Gasteiger charge is -2.36. The topological polar surface area (TPSA) is 113 Å². The van der Waals surface area contributed by atoms with Gasteiger partial charge in [-0.2, -0.15) is 5.10 Å². The number of nitrogens with one attached hydrogen (secondary N) is 2. The summed E-state index contributed by atoms with van der Waals surface area (Å²) in [4.78, 5) is 7.28. The number of pyridine rings is 1. The second-order valence-electron chi connectivity index (χ2n) is 9.87. The summed E-state index contributed by atoms with van der Waals surface area (Å²) in [7, 11) is -2.06. The van der Waals surface area contributed by atoms with Crippen LogP contribution >= 0.6 is 0 Å². The normalized spacial score (nSPS) is 21.3. The number of rotatable bonds is 7. The fourth-order valence-electron chi connectivity index (χ4n) is 5.37. The van der Waals surface area contributed by atoms with Gasteiger partial charge in [0.05, 0.1) is 23.4 Å². The molecule has 2 aromatic heterocycles. The third-order valence-electron chi connectivity index (χ3n) is 7.40. The van der Waals surface area contributed by atoms with Gasteiger partial charge in [0.25, 0.3) is 10.0 Å². The van der Waals surface area contributed by atoms with Gasteiger partial charge in [0.15, 0.2) is 0 Å². The summed E-state index contributed by atoms with van der Waals surface area (Å²) in [6, 6.07) is 10.7. The smallest absolute Gasteiger partial charge is 0.263 e. The highest BCUT2D eigenvalue weighted by atomic mass is 32.2. The largest absolute Gasteiger partial charge is 0.380 e. The Kier molecular flexibility index (Phi) is 7.68. The molecule has 196 valence electrons. The minimum absolute atomic E-state index is 0.150. The molecule has 10 heteroatoms. The molecule has 0 unspecified atom stereocenters. The molecule has 2 fully saturated rings. The van der Waals surface area contributed by atoms with Gasteiger partial charge in [-0.25, -0.2) is 13.4 Å². The summed E-state index contributed by atoms with van der Waals surface area (Å²) < 4.78 is 36.0. The maximum Gasteiger partial charge on any atom is 0.263 e. The minimum Gasteiger partial charge on any atom is -0.380 e. The molecule has 3 heterocycles. The van der Waals surface area contributed by atoms with Crippen LogP contribution in [0.1, 0.15) is 54.7 Å². The zero-order valence-electron chi connectivity index (χ0n) is 21.1. The van der Waals surface area contributed by atoms with Crippen LogP contribution in [0.15, 0.2) is 59.9 Å². The lowest BCUT2D eigenvalue weighted by atomic mass is 9.81. The molecule has 1 aliphatic heterocycles. The number of anilines is 1. The molecule has 3 aromatic rings. The molecule has 0 bridgehead atoms. The monoisotopic (exact) mass is 522 g/mol. The Hall–Kier alpha value is -3.08. The van der Waals surface area contributed by atoms with Gasteiger partial charge in [0.2, 0.25) is 0 Å². The van der Waals surface area contributed by atoms with E-state index in [4.69, 9.17) is 10.1 Å². The molecule has 9 nitrogen and oxygen atoms in total. The van der Waals surface area contributed by atoms with Crippen LogP contribution in [0.2, 0.25) is 0 Å². The summed E-state index contributed by atoms with van der Waals surface area (Å²) in [6.07, 6.45) is 10.5. The molecule has 0 spiro atoms. The maximum atomic E-state index is 13.1. The van der Waals surface area contributed by atoms with E-state index in [9.17, 15) is 8.42 Å². The highest BCUT2D eigenvalue weighted by Gasteiger charge is 2.28. The number of hydrogen-bond acceptors (Lipinski definition) is 7. The van der Waals surface area contributed by atoms with Crippen molar-refractivity contribution in [2.24, 2.45) is 7.05 Å². The molecule has 1 saturated carbocycles. The van der Waals surface area contributed by atoms with Crippen LogP contribution in [0.3, 0.4) is 0 Å². The van der Waals surface area contributed by atoms with Crippen molar-refractivity contribution in [3.63, 3.8) is 0 Å². The predicted molar refractivity (Wildman–Crippen MR) is 143 cm³/mol. The lowest BCUT2D eigenvalue weighted by molar-refractivity contribution is 0.118. The van der Waals surface area contributed by atoms with Crippen molar-refractivity contribution in [2.45, 2.75) is 49.0 Å². The molecular formula is C27H34N6O3S. The number of benzene rings is 1. The van der Waals surface area contributed by atoms with Crippen molar-refractivity contribution in [3.8, 4) is 0 Å². The van der Waals surface area contributed by atoms with Crippen LogP contribution in [0.5, 0.6) is 0 Å². The van der Waals surface area contributed by atoms with Crippen molar-refractivity contribution in [2.75, 3.05) is 31.0 Å². The quantitative estimate of drug-likeness (QED) is 0.457. The Bertz CT molecular complexity index is 1330. The van der Waals surface area contributed by atoms with Gasteiger partial charge in [0.1, 0.15) is 5.82 Å². The Morgan fingerprint density at radius 1 is 1.08 bits per heavy atom. The van der Waals surface area contributed by atoms with Crippen molar-refractivity contribution in [3.05, 3.63) is 71.7 Å². The Labute approximate surface area is 218 Å². The minimum atomic E-state index is -3.85. The molecule has 0 radical (unpaired) electrons. The van der Waals surface area contributed by atoms with E-state index in [1.54, 1.807) is 48.5 Å². The Morgan fingerprint density at radius 2 is 1.86 bits per heavy atom. The third kappa shape index (κ3) is 5.92. The highest BCUT2D eigenvalue weighted by molar-refractivity contribution is 7.92. The predicted octanol–water partition coefficient (Wildman–Crippen LogP) is 3.78. The first-order valence-electron chi connectivity index (χ1n) is 12.9. The van der Waals surface area contributed by atoms with Gasteiger partial charge in [0, 0.05) is 56.3 Å². The van der Waals surface area contributed by atoms with Crippen LogP contribution in [-0.4, -0.2) is 66.1 Å².